The summed E-state index contributed by atoms with van der Waals surface area (Å²) in [6.07, 6.45) is 0. The van der Waals surface area contributed by atoms with Gasteiger partial charge in [-0.2, -0.15) is 5.10 Å². The Morgan fingerprint density at radius 3 is 2.83 bits per heavy atom. The Bertz CT molecular complexity index is 435. The average Bonchev–Trinajstić information content (AvgIpc) is 2.41. The second kappa shape index (κ2) is 2.17. The highest BCUT2D eigenvalue weighted by atomic mass is 19.2. The predicted octanol–water partition coefficient (Wildman–Crippen LogP) is 1.42. The van der Waals surface area contributed by atoms with Gasteiger partial charge in [0.1, 0.15) is 0 Å². The topological polar surface area (TPSA) is 54.7 Å². The quantitative estimate of drug-likeness (QED) is 0.626. The number of hydrogen-bond donors (Lipinski definition) is 2. The van der Waals surface area contributed by atoms with Crippen molar-refractivity contribution in [3.8, 4) is 0 Å². The molecule has 1 aromatic carbocycles. The number of hydrogen-bond acceptors (Lipinski definition) is 2. The summed E-state index contributed by atoms with van der Waals surface area (Å²) in [6.45, 7) is 0. The lowest BCUT2D eigenvalue weighted by Gasteiger charge is -1.93. The minimum absolute atomic E-state index is 0.00926. The van der Waals surface area contributed by atoms with Crippen LogP contribution < -0.4 is 5.73 Å². The Morgan fingerprint density at radius 2 is 2.08 bits per heavy atom. The molecule has 0 bridgehead atoms. The Balaban J connectivity index is 2.96. The van der Waals surface area contributed by atoms with Crippen molar-refractivity contribution >= 4 is 16.7 Å². The van der Waals surface area contributed by atoms with E-state index in [9.17, 15) is 8.78 Å². The zero-order valence-corrected chi connectivity index (χ0v) is 5.94. The molecule has 0 aliphatic carbocycles. The first-order valence-electron chi connectivity index (χ1n) is 3.27. The van der Waals surface area contributed by atoms with Crippen molar-refractivity contribution in [3.05, 3.63) is 23.8 Å². The van der Waals surface area contributed by atoms with E-state index >= 15 is 0 Å². The number of nitrogens with zero attached hydrogens (tertiary/aromatic N) is 1. The number of rotatable bonds is 0. The van der Waals surface area contributed by atoms with Crippen molar-refractivity contribution in [1.29, 1.82) is 0 Å². The second-order valence-electron chi connectivity index (χ2n) is 2.39. The molecule has 0 aliphatic rings. The Morgan fingerprint density at radius 1 is 1.33 bits per heavy atom. The number of anilines is 1. The van der Waals surface area contributed by atoms with Gasteiger partial charge in [0.15, 0.2) is 17.5 Å². The van der Waals surface area contributed by atoms with Crippen LogP contribution in [0.1, 0.15) is 0 Å². The number of fused-ring (bicyclic) bond motifs is 1. The van der Waals surface area contributed by atoms with Gasteiger partial charge in [0.05, 0.1) is 10.9 Å². The lowest BCUT2D eigenvalue weighted by molar-refractivity contribution is 0.517. The molecule has 2 aromatic rings. The molecule has 0 aliphatic heterocycles. The highest BCUT2D eigenvalue weighted by molar-refractivity contribution is 5.89. The van der Waals surface area contributed by atoms with E-state index in [4.69, 9.17) is 5.73 Å². The molecule has 0 saturated carbocycles. The van der Waals surface area contributed by atoms with Crippen LogP contribution in [0, 0.1) is 11.6 Å². The van der Waals surface area contributed by atoms with E-state index in [0.29, 0.717) is 5.52 Å². The molecule has 3 nitrogen and oxygen atoms in total. The van der Waals surface area contributed by atoms with E-state index < -0.39 is 11.6 Å². The van der Waals surface area contributed by atoms with Crippen LogP contribution in [0.5, 0.6) is 0 Å². The molecule has 0 saturated heterocycles. The van der Waals surface area contributed by atoms with E-state index in [-0.39, 0.29) is 11.2 Å². The van der Waals surface area contributed by atoms with Gasteiger partial charge in [0.25, 0.3) is 0 Å². The Labute approximate surface area is 66.2 Å². The van der Waals surface area contributed by atoms with Crippen molar-refractivity contribution in [2.45, 2.75) is 0 Å². The van der Waals surface area contributed by atoms with E-state index in [2.05, 4.69) is 10.2 Å². The number of benzene rings is 1. The van der Waals surface area contributed by atoms with Crippen LogP contribution in [0.25, 0.3) is 10.9 Å². The van der Waals surface area contributed by atoms with Crippen LogP contribution in [-0.2, 0) is 0 Å². The van der Waals surface area contributed by atoms with E-state index in [0.717, 1.165) is 6.07 Å². The number of nitrogen functional groups attached to an aromatic ring is 1. The van der Waals surface area contributed by atoms with Gasteiger partial charge in [-0.05, 0) is 12.1 Å². The maximum atomic E-state index is 13.0. The molecular weight excluding hydrogens is 164 g/mol. The van der Waals surface area contributed by atoms with Gasteiger partial charge in [0, 0.05) is 0 Å². The zero-order valence-electron chi connectivity index (χ0n) is 5.94. The standard InChI is InChI=1S/C7H5F2N3/c8-3-1-2-4-5(6(3)9)7(10)12-11-4/h1-2H,(H3,10,11,12). The lowest BCUT2D eigenvalue weighted by atomic mass is 10.2. The van der Waals surface area contributed by atoms with Gasteiger partial charge < -0.3 is 5.73 Å². The first-order chi connectivity index (χ1) is 5.70. The number of halogens is 2. The molecule has 12 heavy (non-hydrogen) atoms. The van der Waals surface area contributed by atoms with Crippen molar-refractivity contribution in [2.75, 3.05) is 5.73 Å². The van der Waals surface area contributed by atoms with Gasteiger partial charge in [-0.1, -0.05) is 0 Å². The first kappa shape index (κ1) is 7.02. The molecule has 62 valence electrons. The molecule has 0 radical (unpaired) electrons. The van der Waals surface area contributed by atoms with Gasteiger partial charge in [0.2, 0.25) is 0 Å². The number of aromatic nitrogens is 2. The molecule has 2 rings (SSSR count). The third-order valence-corrected chi connectivity index (χ3v) is 1.65. The summed E-state index contributed by atoms with van der Waals surface area (Å²) in [6, 6.07) is 2.41. The fourth-order valence-electron chi connectivity index (χ4n) is 1.07. The first-order valence-corrected chi connectivity index (χ1v) is 3.27. The molecule has 5 heteroatoms. The number of nitrogens with two attached hydrogens (primary N) is 1. The van der Waals surface area contributed by atoms with Crippen molar-refractivity contribution in [2.24, 2.45) is 0 Å². The zero-order chi connectivity index (χ0) is 8.72. The van der Waals surface area contributed by atoms with Crippen LogP contribution in [0.2, 0.25) is 0 Å². The molecule has 0 atom stereocenters. The fraction of sp³-hybridized carbons (Fsp3) is 0. The second-order valence-corrected chi connectivity index (χ2v) is 2.39. The minimum Gasteiger partial charge on any atom is -0.382 e. The summed E-state index contributed by atoms with van der Waals surface area (Å²) in [5, 5.41) is 6.03. The number of H-pyrrole nitrogens is 1. The van der Waals surface area contributed by atoms with Gasteiger partial charge in [-0.15, -0.1) is 0 Å². The SMILES string of the molecule is Nc1n[nH]c2ccc(F)c(F)c12. The maximum Gasteiger partial charge on any atom is 0.171 e. The van der Waals surface area contributed by atoms with E-state index in [1.165, 1.54) is 6.07 Å². The third kappa shape index (κ3) is 0.761. The molecule has 0 unspecified atom stereocenters. The minimum atomic E-state index is -0.959. The summed E-state index contributed by atoms with van der Waals surface area (Å²) < 4.78 is 25.6. The van der Waals surface area contributed by atoms with Gasteiger partial charge in [-0.25, -0.2) is 8.78 Å². The summed E-state index contributed by atoms with van der Waals surface area (Å²) in [5.41, 5.74) is 5.69. The average molecular weight is 169 g/mol. The summed E-state index contributed by atoms with van der Waals surface area (Å²) in [5.74, 6) is -1.91. The highest BCUT2D eigenvalue weighted by Gasteiger charge is 2.11. The van der Waals surface area contributed by atoms with Crippen LogP contribution in [0.4, 0.5) is 14.6 Å². The molecule has 3 N–H and O–H groups in total. The molecule has 1 heterocycles. The molecule has 1 aromatic heterocycles. The smallest absolute Gasteiger partial charge is 0.171 e. The summed E-state index contributed by atoms with van der Waals surface area (Å²) in [7, 11) is 0. The highest BCUT2D eigenvalue weighted by Crippen LogP contribution is 2.22. The third-order valence-electron chi connectivity index (χ3n) is 1.65. The molecule has 0 amide bonds. The monoisotopic (exact) mass is 169 g/mol. The van der Waals surface area contributed by atoms with Crippen LogP contribution in [0.3, 0.4) is 0 Å². The van der Waals surface area contributed by atoms with E-state index in [1.807, 2.05) is 0 Å². The summed E-state index contributed by atoms with van der Waals surface area (Å²) in [4.78, 5) is 0. The molecular formula is C7H5F2N3. The van der Waals surface area contributed by atoms with Crippen molar-refractivity contribution < 1.29 is 8.78 Å². The molecule has 0 fully saturated rings. The predicted molar refractivity (Wildman–Crippen MR) is 40.4 cm³/mol. The van der Waals surface area contributed by atoms with Crippen LogP contribution >= 0.6 is 0 Å². The number of nitrogens with one attached hydrogen (secondary N) is 1. The summed E-state index contributed by atoms with van der Waals surface area (Å²) >= 11 is 0. The lowest BCUT2D eigenvalue weighted by Crippen LogP contribution is -1.89. The Kier molecular flexibility index (Phi) is 1.27. The fourth-order valence-corrected chi connectivity index (χ4v) is 1.07. The van der Waals surface area contributed by atoms with Gasteiger partial charge in [-0.3, -0.25) is 5.10 Å². The van der Waals surface area contributed by atoms with E-state index in [1.54, 1.807) is 0 Å². The Hall–Kier alpha value is -1.65. The van der Waals surface area contributed by atoms with Gasteiger partial charge >= 0.3 is 0 Å². The molecule has 0 spiro atoms. The maximum absolute atomic E-state index is 13.0. The normalized spacial score (nSPS) is 10.8. The van der Waals surface area contributed by atoms with Crippen LogP contribution in [0.15, 0.2) is 12.1 Å². The van der Waals surface area contributed by atoms with Crippen molar-refractivity contribution in [3.63, 3.8) is 0 Å². The number of aromatic amines is 1. The largest absolute Gasteiger partial charge is 0.382 e. The van der Waals surface area contributed by atoms with Crippen LogP contribution in [-0.4, -0.2) is 10.2 Å². The van der Waals surface area contributed by atoms with Crippen molar-refractivity contribution in [1.82, 2.24) is 10.2 Å².